The van der Waals surface area contributed by atoms with E-state index in [1.54, 1.807) is 12.1 Å². The van der Waals surface area contributed by atoms with E-state index >= 15 is 0 Å². The summed E-state index contributed by atoms with van der Waals surface area (Å²) in [6.45, 7) is 8.00. The average Bonchev–Trinajstić information content (AvgIpc) is 2.60. The summed E-state index contributed by atoms with van der Waals surface area (Å²) in [5.41, 5.74) is 0.509. The lowest BCUT2D eigenvalue weighted by molar-refractivity contribution is -0.0327. The molecule has 0 aromatic heterocycles. The fraction of sp³-hybridized carbons (Fsp3) is 0.333. The largest absolute Gasteiger partial charge is 0.285 e. The van der Waals surface area contributed by atoms with Gasteiger partial charge in [0, 0.05) is 0 Å². The van der Waals surface area contributed by atoms with Gasteiger partial charge < -0.3 is 0 Å². The van der Waals surface area contributed by atoms with Crippen LogP contribution >= 0.6 is 0 Å². The zero-order valence-electron chi connectivity index (χ0n) is 10.0. The van der Waals surface area contributed by atoms with Crippen LogP contribution in [0.4, 0.5) is 0 Å². The molecule has 1 N–H and O–H groups in total. The molecule has 0 saturated carbocycles. The second-order valence-electron chi connectivity index (χ2n) is 2.47. The smallest absolute Gasteiger partial charge is 0.278 e. The van der Waals surface area contributed by atoms with Gasteiger partial charge in [-0.15, -0.1) is 5.06 Å². The van der Waals surface area contributed by atoms with E-state index in [-0.39, 0.29) is 16.2 Å². The molecule has 0 radical (unpaired) electrons. The summed E-state index contributed by atoms with van der Waals surface area (Å²) in [5, 5.41) is 9.05. The average molecular weight is 223 g/mol. The summed E-state index contributed by atoms with van der Waals surface area (Å²) in [6.07, 6.45) is 0. The van der Waals surface area contributed by atoms with E-state index in [2.05, 4.69) is 0 Å². The first kappa shape index (κ1) is 14.3. The van der Waals surface area contributed by atoms with E-state index in [4.69, 9.17) is 5.21 Å². The Morgan fingerprint density at radius 1 is 0.875 bits per heavy atom. The van der Waals surface area contributed by atoms with Crippen LogP contribution in [0.15, 0.2) is 24.3 Å². The molecule has 16 heavy (non-hydrogen) atoms. The Morgan fingerprint density at radius 3 is 1.50 bits per heavy atom. The third-order valence-electron chi connectivity index (χ3n) is 1.77. The summed E-state index contributed by atoms with van der Waals surface area (Å²) in [6, 6.07) is 6.30. The lowest BCUT2D eigenvalue weighted by atomic mass is 10.1. The molecule has 1 aliphatic rings. The van der Waals surface area contributed by atoms with E-state index < -0.39 is 11.8 Å². The third-order valence-corrected chi connectivity index (χ3v) is 1.77. The van der Waals surface area contributed by atoms with Crippen LogP contribution in [-0.2, 0) is 0 Å². The number of carbonyl (C=O) groups excluding carboxylic acids is 2. The number of imide groups is 1. The number of carbonyl (C=O) groups is 2. The van der Waals surface area contributed by atoms with Gasteiger partial charge in [0.2, 0.25) is 0 Å². The Bertz CT molecular complexity index is 339. The molecule has 0 aliphatic carbocycles. The second-order valence-corrected chi connectivity index (χ2v) is 2.47. The molecule has 2 rings (SSSR count). The number of amides is 2. The van der Waals surface area contributed by atoms with Gasteiger partial charge in [-0.05, 0) is 12.1 Å². The maximum Gasteiger partial charge on any atom is 0.285 e. The molecule has 0 unspecified atom stereocenters. The van der Waals surface area contributed by atoms with Crippen molar-refractivity contribution in [2.24, 2.45) is 0 Å². The van der Waals surface area contributed by atoms with Crippen molar-refractivity contribution in [3.8, 4) is 0 Å². The van der Waals surface area contributed by atoms with Gasteiger partial charge >= 0.3 is 0 Å². The first-order valence-electron chi connectivity index (χ1n) is 5.38. The predicted molar refractivity (Wildman–Crippen MR) is 61.4 cm³/mol. The minimum atomic E-state index is -0.657. The lowest BCUT2D eigenvalue weighted by Gasteiger charge is -1.99. The van der Waals surface area contributed by atoms with Gasteiger partial charge in [0.05, 0.1) is 11.1 Å². The van der Waals surface area contributed by atoms with E-state index in [0.717, 1.165) is 0 Å². The zero-order chi connectivity index (χ0) is 12.7. The summed E-state index contributed by atoms with van der Waals surface area (Å²) >= 11 is 0. The fourth-order valence-electron chi connectivity index (χ4n) is 1.18. The number of hydrogen-bond acceptors (Lipinski definition) is 3. The highest BCUT2D eigenvalue weighted by molar-refractivity contribution is 6.20. The first-order valence-corrected chi connectivity index (χ1v) is 5.38. The Kier molecular flexibility index (Phi) is 6.03. The van der Waals surface area contributed by atoms with Gasteiger partial charge in [0.15, 0.2) is 0 Å². The molecule has 88 valence electrons. The summed E-state index contributed by atoms with van der Waals surface area (Å²) in [7, 11) is 0. The minimum Gasteiger partial charge on any atom is -0.278 e. The summed E-state index contributed by atoms with van der Waals surface area (Å²) < 4.78 is 0. The van der Waals surface area contributed by atoms with E-state index in [0.29, 0.717) is 0 Å². The standard InChI is InChI=1S/C8H5NO3.2C2H6/c10-7-5-3-1-2-4-6(5)8(11)9(7)12;2*1-2/h1-4,12H;2*1-2H3. The second kappa shape index (κ2) is 6.74. The molecular weight excluding hydrogens is 206 g/mol. The maximum absolute atomic E-state index is 11.1. The van der Waals surface area contributed by atoms with Crippen molar-refractivity contribution in [2.45, 2.75) is 27.7 Å². The molecule has 4 nitrogen and oxygen atoms in total. The molecule has 0 fully saturated rings. The van der Waals surface area contributed by atoms with Gasteiger partial charge in [-0.1, -0.05) is 39.8 Å². The molecule has 2 amide bonds. The Labute approximate surface area is 95.5 Å². The van der Waals surface area contributed by atoms with Gasteiger partial charge in [-0.2, -0.15) is 0 Å². The quantitative estimate of drug-likeness (QED) is 0.543. The van der Waals surface area contributed by atoms with E-state index in [1.165, 1.54) is 12.1 Å². The molecule has 1 heterocycles. The molecule has 1 aromatic carbocycles. The molecule has 0 spiro atoms. The molecule has 1 aliphatic heterocycles. The van der Waals surface area contributed by atoms with Crippen LogP contribution in [0.5, 0.6) is 0 Å². The predicted octanol–water partition coefficient (Wildman–Crippen LogP) is 2.72. The van der Waals surface area contributed by atoms with Gasteiger partial charge in [0.1, 0.15) is 0 Å². The van der Waals surface area contributed by atoms with Crippen molar-refractivity contribution in [2.75, 3.05) is 0 Å². The molecule has 1 aromatic rings. The number of hydroxylamine groups is 2. The number of rotatable bonds is 0. The highest BCUT2D eigenvalue weighted by Crippen LogP contribution is 2.19. The molecule has 0 bridgehead atoms. The molecule has 0 saturated heterocycles. The zero-order valence-corrected chi connectivity index (χ0v) is 10.0. The number of fused-ring (bicyclic) bond motifs is 1. The molecule has 4 heteroatoms. The highest BCUT2D eigenvalue weighted by atomic mass is 16.5. The summed E-state index contributed by atoms with van der Waals surface area (Å²) in [4.78, 5) is 22.1. The van der Waals surface area contributed by atoms with Crippen molar-refractivity contribution in [1.29, 1.82) is 0 Å². The van der Waals surface area contributed by atoms with Crippen molar-refractivity contribution in [3.05, 3.63) is 35.4 Å². The first-order chi connectivity index (χ1) is 7.72. The van der Waals surface area contributed by atoms with Crippen LogP contribution in [-0.4, -0.2) is 22.1 Å². The van der Waals surface area contributed by atoms with Crippen molar-refractivity contribution in [3.63, 3.8) is 0 Å². The number of nitrogens with zero attached hydrogens (tertiary/aromatic N) is 1. The number of benzene rings is 1. The van der Waals surface area contributed by atoms with E-state index in [1.807, 2.05) is 27.7 Å². The Balaban J connectivity index is 0.000000509. The number of hydrogen-bond donors (Lipinski definition) is 1. The minimum absolute atomic E-state index is 0.130. The monoisotopic (exact) mass is 223 g/mol. The Morgan fingerprint density at radius 2 is 1.19 bits per heavy atom. The van der Waals surface area contributed by atoms with Crippen LogP contribution in [0, 0.1) is 0 Å². The van der Waals surface area contributed by atoms with E-state index in [9.17, 15) is 9.59 Å². The van der Waals surface area contributed by atoms with Crippen molar-refractivity contribution >= 4 is 11.8 Å². The van der Waals surface area contributed by atoms with Crippen molar-refractivity contribution < 1.29 is 14.8 Å². The SMILES string of the molecule is CC.CC.O=C1c2ccccc2C(=O)N1O. The topological polar surface area (TPSA) is 57.6 Å². The normalized spacial score (nSPS) is 12.2. The van der Waals surface area contributed by atoms with Gasteiger partial charge in [-0.25, -0.2) is 0 Å². The van der Waals surface area contributed by atoms with Crippen LogP contribution in [0.25, 0.3) is 0 Å². The highest BCUT2D eigenvalue weighted by Gasteiger charge is 2.33. The van der Waals surface area contributed by atoms with Crippen LogP contribution in [0.2, 0.25) is 0 Å². The van der Waals surface area contributed by atoms with Gasteiger partial charge in [0.25, 0.3) is 11.8 Å². The maximum atomic E-state index is 11.1. The van der Waals surface area contributed by atoms with Crippen LogP contribution < -0.4 is 0 Å². The lowest BCUT2D eigenvalue weighted by Crippen LogP contribution is -2.25. The molecular formula is C12H17NO3. The van der Waals surface area contributed by atoms with Gasteiger partial charge in [-0.3, -0.25) is 14.8 Å². The molecule has 0 atom stereocenters. The third kappa shape index (κ3) is 2.46. The van der Waals surface area contributed by atoms with Crippen LogP contribution in [0.1, 0.15) is 48.4 Å². The fourth-order valence-corrected chi connectivity index (χ4v) is 1.18. The van der Waals surface area contributed by atoms with Crippen molar-refractivity contribution in [1.82, 2.24) is 5.06 Å². The van der Waals surface area contributed by atoms with Crippen LogP contribution in [0.3, 0.4) is 0 Å². The Hall–Kier alpha value is -1.68. The summed E-state index contributed by atoms with van der Waals surface area (Å²) in [5.74, 6) is -1.31.